The van der Waals surface area contributed by atoms with E-state index in [-0.39, 0.29) is 13.2 Å². The minimum Gasteiger partial charge on any atom is -0.395 e. The molecule has 0 aliphatic heterocycles. The van der Waals surface area contributed by atoms with Crippen LogP contribution in [0.15, 0.2) is 0 Å². The highest BCUT2D eigenvalue weighted by molar-refractivity contribution is 5.05. The molecule has 3 nitrogen and oxygen atoms in total. The minimum absolute atomic E-state index is 0.218. The van der Waals surface area contributed by atoms with E-state index >= 15 is 0 Å². The monoisotopic (exact) mass is 199 g/mol. The fourth-order valence-corrected chi connectivity index (χ4v) is 3.16. The minimum atomic E-state index is 0.218. The molecule has 2 atom stereocenters. The molecule has 0 aromatic rings. The highest BCUT2D eigenvalue weighted by Gasteiger charge is 2.52. The van der Waals surface area contributed by atoms with E-state index in [1.807, 2.05) is 0 Å². The lowest BCUT2D eigenvalue weighted by Gasteiger charge is -2.20. The largest absolute Gasteiger partial charge is 0.395 e. The zero-order valence-electron chi connectivity index (χ0n) is 8.73. The Morgan fingerprint density at radius 3 is 1.86 bits per heavy atom. The van der Waals surface area contributed by atoms with Crippen LogP contribution in [0.3, 0.4) is 0 Å². The predicted molar refractivity (Wildman–Crippen MR) is 55.0 cm³/mol. The van der Waals surface area contributed by atoms with Gasteiger partial charge in [0.25, 0.3) is 0 Å². The summed E-state index contributed by atoms with van der Waals surface area (Å²) in [7, 11) is 0. The van der Waals surface area contributed by atoms with Gasteiger partial charge in [0, 0.05) is 19.1 Å². The summed E-state index contributed by atoms with van der Waals surface area (Å²) >= 11 is 0. The van der Waals surface area contributed by atoms with Gasteiger partial charge in [-0.05, 0) is 24.7 Å². The number of nitrogens with zero attached hydrogens (tertiary/aromatic N) is 1. The molecule has 0 spiro atoms. The summed E-state index contributed by atoms with van der Waals surface area (Å²) in [5.74, 6) is 1.75. The standard InChI is InChI=1S/C11H21NO2/c13-7-5-12(6-8-14)11-9-3-1-2-4-10(9)11/h9-11,13-14H,1-8H2. The van der Waals surface area contributed by atoms with Gasteiger partial charge in [-0.2, -0.15) is 0 Å². The first-order valence-corrected chi connectivity index (χ1v) is 5.84. The summed E-state index contributed by atoms with van der Waals surface area (Å²) in [6, 6.07) is 0.678. The molecule has 0 radical (unpaired) electrons. The Hall–Kier alpha value is -0.120. The molecular formula is C11H21NO2. The van der Waals surface area contributed by atoms with E-state index in [2.05, 4.69) is 4.90 Å². The van der Waals surface area contributed by atoms with Crippen molar-refractivity contribution in [3.05, 3.63) is 0 Å². The molecule has 0 amide bonds. The Morgan fingerprint density at radius 1 is 0.929 bits per heavy atom. The number of fused-ring (bicyclic) bond motifs is 1. The van der Waals surface area contributed by atoms with Crippen molar-refractivity contribution < 1.29 is 10.2 Å². The Labute approximate surface area is 85.7 Å². The maximum absolute atomic E-state index is 8.95. The van der Waals surface area contributed by atoms with Gasteiger partial charge >= 0.3 is 0 Å². The first-order valence-electron chi connectivity index (χ1n) is 5.84. The number of hydrogen-bond donors (Lipinski definition) is 2. The van der Waals surface area contributed by atoms with Gasteiger partial charge in [0.15, 0.2) is 0 Å². The molecule has 14 heavy (non-hydrogen) atoms. The maximum Gasteiger partial charge on any atom is 0.0558 e. The Kier molecular flexibility index (Phi) is 3.42. The first-order chi connectivity index (χ1) is 6.88. The number of aliphatic hydroxyl groups is 2. The van der Waals surface area contributed by atoms with Crippen LogP contribution >= 0.6 is 0 Å². The number of hydrogen-bond acceptors (Lipinski definition) is 3. The summed E-state index contributed by atoms with van der Waals surface area (Å²) in [6.07, 6.45) is 5.49. The third-order valence-electron chi connectivity index (χ3n) is 3.81. The van der Waals surface area contributed by atoms with Crippen LogP contribution in [0.25, 0.3) is 0 Å². The number of aliphatic hydroxyl groups excluding tert-OH is 2. The molecule has 82 valence electrons. The van der Waals surface area contributed by atoms with Crippen LogP contribution in [-0.4, -0.2) is 47.5 Å². The highest BCUT2D eigenvalue weighted by Crippen LogP contribution is 2.52. The lowest BCUT2D eigenvalue weighted by molar-refractivity contribution is 0.146. The second-order valence-electron chi connectivity index (χ2n) is 4.59. The van der Waals surface area contributed by atoms with Gasteiger partial charge in [0.1, 0.15) is 0 Å². The molecule has 3 heteroatoms. The third kappa shape index (κ3) is 1.95. The smallest absolute Gasteiger partial charge is 0.0558 e. The van der Waals surface area contributed by atoms with Gasteiger partial charge in [-0.1, -0.05) is 12.8 Å². The van der Waals surface area contributed by atoms with Gasteiger partial charge < -0.3 is 10.2 Å². The summed E-state index contributed by atoms with van der Waals surface area (Å²) < 4.78 is 0. The van der Waals surface area contributed by atoms with Crippen molar-refractivity contribution in [1.82, 2.24) is 4.90 Å². The number of rotatable bonds is 5. The quantitative estimate of drug-likeness (QED) is 0.676. The van der Waals surface area contributed by atoms with Crippen molar-refractivity contribution in [3.63, 3.8) is 0 Å². The van der Waals surface area contributed by atoms with Crippen LogP contribution in [-0.2, 0) is 0 Å². The molecule has 2 fully saturated rings. The zero-order chi connectivity index (χ0) is 9.97. The lowest BCUT2D eigenvalue weighted by Crippen LogP contribution is -2.33. The predicted octanol–water partition coefficient (Wildman–Crippen LogP) is 0.462. The van der Waals surface area contributed by atoms with Crippen molar-refractivity contribution in [1.29, 1.82) is 0 Å². The fourth-order valence-electron chi connectivity index (χ4n) is 3.16. The van der Waals surface area contributed by atoms with Crippen LogP contribution in [0.4, 0.5) is 0 Å². The summed E-state index contributed by atoms with van der Waals surface area (Å²) in [5.41, 5.74) is 0. The molecule has 0 heterocycles. The van der Waals surface area contributed by atoms with Gasteiger partial charge in [-0.3, -0.25) is 4.90 Å². The van der Waals surface area contributed by atoms with Gasteiger partial charge in [-0.15, -0.1) is 0 Å². The topological polar surface area (TPSA) is 43.7 Å². The van der Waals surface area contributed by atoms with Crippen molar-refractivity contribution >= 4 is 0 Å². The second kappa shape index (κ2) is 4.60. The van der Waals surface area contributed by atoms with Crippen LogP contribution in [0.2, 0.25) is 0 Å². The molecular weight excluding hydrogens is 178 g/mol. The van der Waals surface area contributed by atoms with Gasteiger partial charge in [0.05, 0.1) is 13.2 Å². The molecule has 2 aliphatic rings. The van der Waals surface area contributed by atoms with E-state index in [4.69, 9.17) is 10.2 Å². The maximum atomic E-state index is 8.95. The van der Waals surface area contributed by atoms with E-state index in [0.29, 0.717) is 6.04 Å². The highest BCUT2D eigenvalue weighted by atomic mass is 16.3. The Morgan fingerprint density at radius 2 is 1.43 bits per heavy atom. The Bertz CT molecular complexity index is 168. The fraction of sp³-hybridized carbons (Fsp3) is 1.00. The van der Waals surface area contributed by atoms with Crippen molar-refractivity contribution in [2.75, 3.05) is 26.3 Å². The van der Waals surface area contributed by atoms with E-state index in [1.54, 1.807) is 0 Å². The van der Waals surface area contributed by atoms with Crippen LogP contribution in [0, 0.1) is 11.8 Å². The molecule has 2 N–H and O–H groups in total. The van der Waals surface area contributed by atoms with Crippen molar-refractivity contribution in [3.8, 4) is 0 Å². The molecule has 2 rings (SSSR count). The SMILES string of the molecule is OCCN(CCO)C1C2CCCCC21. The van der Waals surface area contributed by atoms with Crippen LogP contribution in [0.5, 0.6) is 0 Å². The van der Waals surface area contributed by atoms with E-state index in [1.165, 1.54) is 25.7 Å². The van der Waals surface area contributed by atoms with E-state index in [9.17, 15) is 0 Å². The van der Waals surface area contributed by atoms with E-state index < -0.39 is 0 Å². The molecule has 0 aromatic heterocycles. The molecule has 2 saturated carbocycles. The van der Waals surface area contributed by atoms with Gasteiger partial charge in [-0.25, -0.2) is 0 Å². The van der Waals surface area contributed by atoms with Crippen LogP contribution < -0.4 is 0 Å². The van der Waals surface area contributed by atoms with Crippen molar-refractivity contribution in [2.45, 2.75) is 31.7 Å². The van der Waals surface area contributed by atoms with Crippen LogP contribution in [0.1, 0.15) is 25.7 Å². The Balaban J connectivity index is 1.86. The molecule has 2 unspecified atom stereocenters. The molecule has 2 aliphatic carbocycles. The van der Waals surface area contributed by atoms with Crippen molar-refractivity contribution in [2.24, 2.45) is 11.8 Å². The summed E-state index contributed by atoms with van der Waals surface area (Å²) in [5, 5.41) is 17.9. The molecule has 0 saturated heterocycles. The van der Waals surface area contributed by atoms with Gasteiger partial charge in [0.2, 0.25) is 0 Å². The molecule has 0 aromatic carbocycles. The third-order valence-corrected chi connectivity index (χ3v) is 3.81. The van der Waals surface area contributed by atoms with E-state index in [0.717, 1.165) is 24.9 Å². The summed E-state index contributed by atoms with van der Waals surface area (Å²) in [4.78, 5) is 2.28. The molecule has 0 bridgehead atoms. The zero-order valence-corrected chi connectivity index (χ0v) is 8.73. The average molecular weight is 199 g/mol. The second-order valence-corrected chi connectivity index (χ2v) is 4.59. The normalized spacial score (nSPS) is 35.8. The average Bonchev–Trinajstić information content (AvgIpc) is 2.91. The summed E-state index contributed by atoms with van der Waals surface area (Å²) in [6.45, 7) is 1.91. The lowest BCUT2D eigenvalue weighted by atomic mass is 10.0. The first kappa shape index (κ1) is 10.4.